The number of rotatable bonds is 6. The lowest BCUT2D eigenvalue weighted by atomic mass is 10.2. The zero-order valence-electron chi connectivity index (χ0n) is 13.9. The van der Waals surface area contributed by atoms with Crippen molar-refractivity contribution < 1.29 is 27.9 Å². The number of nitrogens with zero attached hydrogens (tertiary/aromatic N) is 2. The third kappa shape index (κ3) is 4.57. The number of carbonyl (C=O) groups is 2. The number of halogens is 3. The molecule has 0 spiro atoms. The van der Waals surface area contributed by atoms with Crippen LogP contribution in [0.2, 0.25) is 0 Å². The number of hydrogen-bond donors (Lipinski definition) is 2. The summed E-state index contributed by atoms with van der Waals surface area (Å²) >= 11 is 1.54. The molecule has 0 aliphatic carbocycles. The van der Waals surface area contributed by atoms with Crippen LogP contribution in [0.25, 0.3) is 5.69 Å². The molecule has 1 aromatic heterocycles. The van der Waals surface area contributed by atoms with E-state index < -0.39 is 23.4 Å². The van der Waals surface area contributed by atoms with Crippen molar-refractivity contribution in [2.75, 3.05) is 11.6 Å². The normalized spacial score (nSPS) is 12.7. The molecule has 26 heavy (non-hydrogen) atoms. The van der Waals surface area contributed by atoms with Crippen LogP contribution in [0, 0.1) is 0 Å². The van der Waals surface area contributed by atoms with Crippen molar-refractivity contribution in [3.05, 3.63) is 41.7 Å². The van der Waals surface area contributed by atoms with Crippen molar-refractivity contribution >= 4 is 29.3 Å². The number of thioether (sulfide) groups is 1. The molecule has 2 N–H and O–H groups in total. The van der Waals surface area contributed by atoms with Crippen molar-refractivity contribution in [2.45, 2.75) is 24.8 Å². The molecule has 1 atom stereocenters. The Labute approximate surface area is 151 Å². The van der Waals surface area contributed by atoms with Crippen molar-refractivity contribution in [3.63, 3.8) is 0 Å². The summed E-state index contributed by atoms with van der Waals surface area (Å²) in [5, 5.41) is 15.3. The number of hydrogen-bond acceptors (Lipinski definition) is 4. The molecule has 0 saturated heterocycles. The number of nitrogens with one attached hydrogen (secondary N) is 1. The van der Waals surface area contributed by atoms with Gasteiger partial charge < -0.3 is 10.4 Å². The van der Waals surface area contributed by atoms with Crippen LogP contribution in [0.1, 0.15) is 29.4 Å². The number of aromatic carboxylic acids is 1. The largest absolute Gasteiger partial charge is 0.478 e. The first kappa shape index (κ1) is 19.8. The fourth-order valence-electron chi connectivity index (χ4n) is 2.22. The van der Waals surface area contributed by atoms with E-state index in [0.29, 0.717) is 23.0 Å². The molecule has 1 amide bonds. The third-order valence-corrected chi connectivity index (χ3v) is 4.51. The number of carbonyl (C=O) groups excluding carboxylic acids is 1. The van der Waals surface area contributed by atoms with Crippen LogP contribution in [0.5, 0.6) is 0 Å². The van der Waals surface area contributed by atoms with Crippen molar-refractivity contribution in [1.29, 1.82) is 0 Å². The minimum Gasteiger partial charge on any atom is -0.478 e. The zero-order valence-corrected chi connectivity index (χ0v) is 14.7. The molecule has 0 fully saturated rings. The van der Waals surface area contributed by atoms with Gasteiger partial charge in [0.05, 0.1) is 11.9 Å². The molecule has 10 heteroatoms. The van der Waals surface area contributed by atoms with E-state index in [2.05, 4.69) is 10.4 Å². The molecule has 0 bridgehead atoms. The Bertz CT molecular complexity index is 803. The Morgan fingerprint density at radius 2 is 1.92 bits per heavy atom. The van der Waals surface area contributed by atoms with Crippen LogP contribution in [0.15, 0.2) is 30.5 Å². The maximum Gasteiger partial charge on any atom is 0.434 e. The summed E-state index contributed by atoms with van der Waals surface area (Å²) < 4.78 is 40.2. The quantitative estimate of drug-likeness (QED) is 0.790. The van der Waals surface area contributed by atoms with Crippen LogP contribution >= 0.6 is 11.8 Å². The molecular weight excluding hydrogens is 371 g/mol. The number of carboxylic acid groups (broad SMARTS) is 1. The summed E-state index contributed by atoms with van der Waals surface area (Å²) in [7, 11) is 0. The second-order valence-corrected chi connectivity index (χ2v) is 6.74. The van der Waals surface area contributed by atoms with Crippen LogP contribution in [-0.4, -0.2) is 38.3 Å². The molecule has 1 aromatic carbocycles. The maximum atomic E-state index is 13.2. The number of anilines is 1. The van der Waals surface area contributed by atoms with Crippen molar-refractivity contribution in [3.8, 4) is 5.69 Å². The molecule has 0 aliphatic rings. The van der Waals surface area contributed by atoms with E-state index in [4.69, 9.17) is 5.11 Å². The Morgan fingerprint density at radius 1 is 1.31 bits per heavy atom. The SMILES string of the molecule is CSC(C)CC(=O)Nc1ccc(-n2ncc(C(=O)O)c2C(F)(F)F)cc1. The lowest BCUT2D eigenvalue weighted by Crippen LogP contribution is -2.17. The molecule has 140 valence electrons. The fraction of sp³-hybridized carbons (Fsp3) is 0.312. The third-order valence-electron chi connectivity index (χ3n) is 3.54. The van der Waals surface area contributed by atoms with Gasteiger partial charge in [-0.2, -0.15) is 30.0 Å². The maximum absolute atomic E-state index is 13.2. The van der Waals surface area contributed by atoms with Gasteiger partial charge in [-0.3, -0.25) is 4.79 Å². The van der Waals surface area contributed by atoms with Crippen LogP contribution < -0.4 is 5.32 Å². The molecule has 1 unspecified atom stereocenters. The van der Waals surface area contributed by atoms with Gasteiger partial charge in [0.1, 0.15) is 5.56 Å². The number of alkyl halides is 3. The summed E-state index contributed by atoms with van der Waals surface area (Å²) in [6.07, 6.45) is -2.03. The summed E-state index contributed by atoms with van der Waals surface area (Å²) in [5.74, 6) is -1.92. The summed E-state index contributed by atoms with van der Waals surface area (Å²) in [5.41, 5.74) is -1.84. The molecule has 1 heterocycles. The van der Waals surface area contributed by atoms with Gasteiger partial charge in [-0.15, -0.1) is 0 Å². The number of aromatic nitrogens is 2. The van der Waals surface area contributed by atoms with Crippen molar-refractivity contribution in [1.82, 2.24) is 9.78 Å². The average Bonchev–Trinajstić information content (AvgIpc) is 3.01. The standard InChI is InChI=1S/C16H16F3N3O3S/c1-9(26-2)7-13(23)21-10-3-5-11(6-4-10)22-14(16(17,18)19)12(8-20-22)15(24)25/h3-6,8-9H,7H2,1-2H3,(H,21,23)(H,24,25). The highest BCUT2D eigenvalue weighted by molar-refractivity contribution is 7.99. The van der Waals surface area contributed by atoms with Gasteiger partial charge >= 0.3 is 12.1 Å². The number of carboxylic acids is 1. The molecule has 0 saturated carbocycles. The first-order chi connectivity index (χ1) is 12.1. The smallest absolute Gasteiger partial charge is 0.434 e. The zero-order chi connectivity index (χ0) is 19.5. The highest BCUT2D eigenvalue weighted by Crippen LogP contribution is 2.33. The average molecular weight is 387 g/mol. The Balaban J connectivity index is 2.26. The monoisotopic (exact) mass is 387 g/mol. The van der Waals surface area contributed by atoms with Gasteiger partial charge in [-0.25, -0.2) is 9.48 Å². The highest BCUT2D eigenvalue weighted by Gasteiger charge is 2.40. The van der Waals surface area contributed by atoms with Gasteiger partial charge in [0.2, 0.25) is 5.91 Å². The number of amides is 1. The Kier molecular flexibility index (Phi) is 5.96. The topological polar surface area (TPSA) is 84.2 Å². The molecule has 2 aromatic rings. The molecule has 6 nitrogen and oxygen atoms in total. The fourth-order valence-corrected chi connectivity index (χ4v) is 2.53. The van der Waals surface area contributed by atoms with Gasteiger partial charge in [0, 0.05) is 17.4 Å². The van der Waals surface area contributed by atoms with E-state index in [1.165, 1.54) is 24.3 Å². The molecular formula is C16H16F3N3O3S. The summed E-state index contributed by atoms with van der Waals surface area (Å²) in [6, 6.07) is 5.50. The minimum atomic E-state index is -4.88. The second kappa shape index (κ2) is 7.81. The first-order valence-electron chi connectivity index (χ1n) is 7.45. The molecule has 0 radical (unpaired) electrons. The number of benzene rings is 1. The van der Waals surface area contributed by atoms with Crippen LogP contribution in [-0.2, 0) is 11.0 Å². The first-order valence-corrected chi connectivity index (χ1v) is 8.74. The van der Waals surface area contributed by atoms with Crippen LogP contribution in [0.3, 0.4) is 0 Å². The highest BCUT2D eigenvalue weighted by atomic mass is 32.2. The van der Waals surface area contributed by atoms with E-state index in [1.54, 1.807) is 11.8 Å². The lowest BCUT2D eigenvalue weighted by molar-refractivity contribution is -0.143. The van der Waals surface area contributed by atoms with Gasteiger partial charge in [-0.05, 0) is 30.5 Å². The Hall–Kier alpha value is -2.49. The van der Waals surface area contributed by atoms with E-state index in [1.807, 2.05) is 13.2 Å². The Morgan fingerprint density at radius 3 is 2.42 bits per heavy atom. The van der Waals surface area contributed by atoms with E-state index in [0.717, 1.165) is 0 Å². The lowest BCUT2D eigenvalue weighted by Gasteiger charge is -2.13. The van der Waals surface area contributed by atoms with Crippen molar-refractivity contribution in [2.24, 2.45) is 0 Å². The van der Waals surface area contributed by atoms with E-state index in [-0.39, 0.29) is 16.8 Å². The molecule has 0 aliphatic heterocycles. The van der Waals surface area contributed by atoms with Gasteiger partial charge in [-0.1, -0.05) is 6.92 Å². The predicted molar refractivity (Wildman–Crippen MR) is 91.7 cm³/mol. The van der Waals surface area contributed by atoms with Gasteiger partial charge in [0.25, 0.3) is 0 Å². The van der Waals surface area contributed by atoms with Crippen LogP contribution in [0.4, 0.5) is 18.9 Å². The minimum absolute atomic E-state index is 0.0281. The summed E-state index contributed by atoms with van der Waals surface area (Å²) in [4.78, 5) is 22.8. The summed E-state index contributed by atoms with van der Waals surface area (Å²) in [6.45, 7) is 1.91. The van der Waals surface area contributed by atoms with E-state index >= 15 is 0 Å². The molecule has 2 rings (SSSR count). The van der Waals surface area contributed by atoms with Gasteiger partial charge in [0.15, 0.2) is 5.69 Å². The van der Waals surface area contributed by atoms with E-state index in [9.17, 15) is 22.8 Å². The second-order valence-electron chi connectivity index (χ2n) is 5.47. The predicted octanol–water partition coefficient (Wildman–Crippen LogP) is 3.67.